The van der Waals surface area contributed by atoms with Crippen LogP contribution < -0.4 is 0 Å². The lowest BCUT2D eigenvalue weighted by Gasteiger charge is -2.15. The van der Waals surface area contributed by atoms with Gasteiger partial charge in [-0.1, -0.05) is 44.3 Å². The second-order valence-electron chi connectivity index (χ2n) is 4.05. The summed E-state index contributed by atoms with van der Waals surface area (Å²) in [5.74, 6) is 0. The summed E-state index contributed by atoms with van der Waals surface area (Å²) >= 11 is 0. The van der Waals surface area contributed by atoms with Crippen LogP contribution in [-0.2, 0) is 0 Å². The van der Waals surface area contributed by atoms with E-state index in [0.717, 1.165) is 5.61 Å². The number of rotatable bonds is 3. The highest BCUT2D eigenvalue weighted by Crippen LogP contribution is 2.20. The zero-order chi connectivity index (χ0) is 10.3. The first kappa shape index (κ1) is 12.2. The van der Waals surface area contributed by atoms with Crippen LogP contribution in [0, 0.1) is 0 Å². The molecule has 0 bridgehead atoms. The number of hydrogen-bond donors (Lipinski definition) is 0. The maximum Gasteiger partial charge on any atom is 0.184 e. The number of nitrogens with zero attached hydrogens (tertiary/aromatic N) is 1. The van der Waals surface area contributed by atoms with Crippen LogP contribution in [0.4, 0.5) is 0 Å². The van der Waals surface area contributed by atoms with Gasteiger partial charge in [0.1, 0.15) is 0 Å². The Balaban J connectivity index is 4.44. The second kappa shape index (κ2) is 5.79. The van der Waals surface area contributed by atoms with Gasteiger partial charge in [-0.15, -0.1) is 0 Å². The fraction of sp³-hybridized carbons (Fsp3) is 0.545. The standard InChI is InChI=1S/C11H19BN/c1-6-8-10(13-9-7-2)12-11(3,4)5/h6-9H,1-5H3/b8-6-,9-7-,13-10+. The Labute approximate surface area is 82.9 Å². The van der Waals surface area contributed by atoms with Crippen LogP contribution in [0.25, 0.3) is 0 Å². The summed E-state index contributed by atoms with van der Waals surface area (Å²) in [4.78, 5) is 4.31. The summed E-state index contributed by atoms with van der Waals surface area (Å²) in [5.41, 5.74) is 1.02. The van der Waals surface area contributed by atoms with E-state index in [1.54, 1.807) is 0 Å². The molecule has 0 N–H and O–H groups in total. The minimum absolute atomic E-state index is 0.180. The van der Waals surface area contributed by atoms with Crippen LogP contribution in [-0.4, -0.2) is 12.9 Å². The fourth-order valence-electron chi connectivity index (χ4n) is 0.903. The largest absolute Gasteiger partial charge is 0.272 e. The predicted octanol–water partition coefficient (Wildman–Crippen LogP) is 3.42. The molecule has 0 aromatic rings. The first-order chi connectivity index (χ1) is 5.99. The second-order valence-corrected chi connectivity index (χ2v) is 4.05. The van der Waals surface area contributed by atoms with Crippen molar-refractivity contribution in [2.75, 3.05) is 0 Å². The van der Waals surface area contributed by atoms with Crippen molar-refractivity contribution < 1.29 is 0 Å². The van der Waals surface area contributed by atoms with Crippen molar-refractivity contribution >= 4 is 12.9 Å². The average molecular weight is 176 g/mol. The van der Waals surface area contributed by atoms with Crippen LogP contribution >= 0.6 is 0 Å². The Morgan fingerprint density at radius 3 is 2.15 bits per heavy atom. The summed E-state index contributed by atoms with van der Waals surface area (Å²) < 4.78 is 0. The van der Waals surface area contributed by atoms with Gasteiger partial charge in [0.05, 0.1) is 0 Å². The molecule has 0 aliphatic carbocycles. The van der Waals surface area contributed by atoms with Crippen molar-refractivity contribution in [1.82, 2.24) is 0 Å². The molecule has 0 atom stereocenters. The monoisotopic (exact) mass is 176 g/mol. The first-order valence-electron chi connectivity index (χ1n) is 4.67. The zero-order valence-electron chi connectivity index (χ0n) is 9.33. The molecule has 0 aromatic carbocycles. The van der Waals surface area contributed by atoms with Crippen LogP contribution in [0.15, 0.2) is 29.4 Å². The van der Waals surface area contributed by atoms with Gasteiger partial charge < -0.3 is 0 Å². The van der Waals surface area contributed by atoms with Crippen LogP contribution in [0.2, 0.25) is 5.31 Å². The lowest BCUT2D eigenvalue weighted by Crippen LogP contribution is -2.17. The van der Waals surface area contributed by atoms with Gasteiger partial charge in [-0.2, -0.15) is 0 Å². The van der Waals surface area contributed by atoms with Gasteiger partial charge in [0.15, 0.2) is 7.28 Å². The zero-order valence-corrected chi connectivity index (χ0v) is 9.33. The molecule has 0 rings (SSSR count). The molecule has 0 amide bonds. The molecular formula is C11H19BN. The molecular weight excluding hydrogens is 157 g/mol. The van der Waals surface area contributed by atoms with Gasteiger partial charge in [0.25, 0.3) is 0 Å². The van der Waals surface area contributed by atoms with Gasteiger partial charge in [0, 0.05) is 6.20 Å². The number of allylic oxidation sites excluding steroid dienone is 3. The highest BCUT2D eigenvalue weighted by molar-refractivity contribution is 6.80. The van der Waals surface area contributed by atoms with Gasteiger partial charge >= 0.3 is 0 Å². The number of aliphatic imine (C=N–C) groups is 1. The molecule has 0 heterocycles. The van der Waals surface area contributed by atoms with Crippen molar-refractivity contribution in [3.05, 3.63) is 24.4 Å². The maximum absolute atomic E-state index is 4.31. The van der Waals surface area contributed by atoms with Crippen molar-refractivity contribution in [2.24, 2.45) is 4.99 Å². The third kappa shape index (κ3) is 7.57. The van der Waals surface area contributed by atoms with E-state index in [1.165, 1.54) is 0 Å². The Morgan fingerprint density at radius 1 is 1.15 bits per heavy atom. The Morgan fingerprint density at radius 2 is 1.77 bits per heavy atom. The van der Waals surface area contributed by atoms with E-state index in [1.807, 2.05) is 38.3 Å². The summed E-state index contributed by atoms with van der Waals surface area (Å²) in [5, 5.41) is 0.180. The van der Waals surface area contributed by atoms with Crippen molar-refractivity contribution in [3.8, 4) is 0 Å². The predicted molar refractivity (Wildman–Crippen MR) is 62.5 cm³/mol. The van der Waals surface area contributed by atoms with E-state index >= 15 is 0 Å². The summed E-state index contributed by atoms with van der Waals surface area (Å²) in [6, 6.07) is 0. The minimum atomic E-state index is 0.180. The lowest BCUT2D eigenvalue weighted by atomic mass is 9.52. The molecule has 71 valence electrons. The van der Waals surface area contributed by atoms with Gasteiger partial charge in [-0.25, -0.2) is 0 Å². The van der Waals surface area contributed by atoms with Crippen LogP contribution in [0.3, 0.4) is 0 Å². The summed E-state index contributed by atoms with van der Waals surface area (Å²) in [6.07, 6.45) is 7.77. The van der Waals surface area contributed by atoms with E-state index in [-0.39, 0.29) is 5.31 Å². The first-order valence-corrected chi connectivity index (χ1v) is 4.67. The van der Waals surface area contributed by atoms with Crippen molar-refractivity contribution in [1.29, 1.82) is 0 Å². The maximum atomic E-state index is 4.31. The van der Waals surface area contributed by atoms with E-state index in [9.17, 15) is 0 Å². The third-order valence-corrected chi connectivity index (χ3v) is 1.29. The van der Waals surface area contributed by atoms with Gasteiger partial charge in [-0.3, -0.25) is 4.99 Å². The van der Waals surface area contributed by atoms with Gasteiger partial charge in [0.2, 0.25) is 0 Å². The topological polar surface area (TPSA) is 12.4 Å². The molecule has 0 saturated carbocycles. The van der Waals surface area contributed by atoms with Crippen molar-refractivity contribution in [3.63, 3.8) is 0 Å². The molecule has 0 saturated heterocycles. The smallest absolute Gasteiger partial charge is 0.184 e. The highest BCUT2D eigenvalue weighted by atomic mass is 14.7. The molecule has 0 aliphatic heterocycles. The SMILES string of the molecule is C\C=C/N=C([B]C(C)(C)C)\C=C/C. The normalized spacial score (nSPS) is 14.4. The van der Waals surface area contributed by atoms with E-state index < -0.39 is 0 Å². The lowest BCUT2D eigenvalue weighted by molar-refractivity contribution is 0.761. The molecule has 0 fully saturated rings. The average Bonchev–Trinajstić information content (AvgIpc) is 1.98. The minimum Gasteiger partial charge on any atom is -0.272 e. The highest BCUT2D eigenvalue weighted by Gasteiger charge is 2.14. The summed E-state index contributed by atoms with van der Waals surface area (Å²) in [7, 11) is 2.16. The Kier molecular flexibility index (Phi) is 5.44. The molecule has 2 heteroatoms. The molecule has 0 spiro atoms. The quantitative estimate of drug-likeness (QED) is 0.461. The van der Waals surface area contributed by atoms with Crippen LogP contribution in [0.1, 0.15) is 34.6 Å². The molecule has 0 aromatic heterocycles. The Hall–Kier alpha value is -0.785. The molecule has 0 aliphatic rings. The van der Waals surface area contributed by atoms with Crippen LogP contribution in [0.5, 0.6) is 0 Å². The fourth-order valence-corrected chi connectivity index (χ4v) is 0.903. The molecule has 0 unspecified atom stereocenters. The summed E-state index contributed by atoms with van der Waals surface area (Å²) in [6.45, 7) is 10.5. The molecule has 13 heavy (non-hydrogen) atoms. The van der Waals surface area contributed by atoms with E-state index in [2.05, 4.69) is 33.0 Å². The number of hydrogen-bond acceptors (Lipinski definition) is 1. The molecule has 1 nitrogen and oxygen atoms in total. The third-order valence-electron chi connectivity index (χ3n) is 1.29. The Bertz CT molecular complexity index is 219. The van der Waals surface area contributed by atoms with Crippen molar-refractivity contribution in [2.45, 2.75) is 39.9 Å². The van der Waals surface area contributed by atoms with Gasteiger partial charge in [-0.05, 0) is 19.5 Å². The van der Waals surface area contributed by atoms with E-state index in [0.29, 0.717) is 0 Å². The molecule has 1 radical (unpaired) electrons. The van der Waals surface area contributed by atoms with E-state index in [4.69, 9.17) is 0 Å².